The first kappa shape index (κ1) is 11.9. The van der Waals surface area contributed by atoms with Crippen molar-refractivity contribution in [3.05, 3.63) is 29.8 Å². The molecule has 1 aromatic carbocycles. The van der Waals surface area contributed by atoms with Gasteiger partial charge >= 0.3 is 5.51 Å². The van der Waals surface area contributed by atoms with Gasteiger partial charge in [0, 0.05) is 11.3 Å². The van der Waals surface area contributed by atoms with Crippen molar-refractivity contribution in [1.82, 2.24) is 0 Å². The second-order valence-electron chi connectivity index (χ2n) is 2.78. The highest BCUT2D eigenvalue weighted by molar-refractivity contribution is 8.01. The fourth-order valence-corrected chi connectivity index (χ4v) is 1.26. The number of alkyl halides is 3. The molecule has 0 aliphatic carbocycles. The summed E-state index contributed by atoms with van der Waals surface area (Å²) in [5.74, 6) is -0.120. The van der Waals surface area contributed by atoms with Gasteiger partial charge in [0.2, 0.25) is 0 Å². The second kappa shape index (κ2) is 4.57. The van der Waals surface area contributed by atoms with E-state index in [-0.39, 0.29) is 17.7 Å². The van der Waals surface area contributed by atoms with E-state index in [1.165, 1.54) is 31.2 Å². The van der Waals surface area contributed by atoms with Crippen LogP contribution < -0.4 is 4.72 Å². The van der Waals surface area contributed by atoms with E-state index in [0.29, 0.717) is 11.3 Å². The molecule has 15 heavy (non-hydrogen) atoms. The standard InChI is InChI=1S/C9H8F3NOS/c1-6(14)7-2-4-8(5-3-7)13-15-9(10,11)12/h2-5,13H,1H3. The zero-order chi connectivity index (χ0) is 11.5. The van der Waals surface area contributed by atoms with Gasteiger partial charge in [0.1, 0.15) is 0 Å². The van der Waals surface area contributed by atoms with Gasteiger partial charge in [-0.15, -0.1) is 0 Å². The lowest BCUT2D eigenvalue weighted by Gasteiger charge is -2.07. The lowest BCUT2D eigenvalue weighted by Crippen LogP contribution is -2.04. The largest absolute Gasteiger partial charge is 0.461 e. The number of carbonyl (C=O) groups excluding carboxylic acids is 1. The summed E-state index contributed by atoms with van der Waals surface area (Å²) >= 11 is -0.334. The average Bonchev–Trinajstić information content (AvgIpc) is 2.14. The Morgan fingerprint density at radius 2 is 1.80 bits per heavy atom. The monoisotopic (exact) mass is 235 g/mol. The van der Waals surface area contributed by atoms with Crippen LogP contribution >= 0.6 is 11.9 Å². The van der Waals surface area contributed by atoms with Crippen LogP contribution in [0, 0.1) is 0 Å². The SMILES string of the molecule is CC(=O)c1ccc(NSC(F)(F)F)cc1. The van der Waals surface area contributed by atoms with Gasteiger partial charge in [-0.25, -0.2) is 0 Å². The van der Waals surface area contributed by atoms with Crippen molar-refractivity contribution in [2.45, 2.75) is 12.4 Å². The van der Waals surface area contributed by atoms with E-state index in [2.05, 4.69) is 4.72 Å². The third-order valence-corrected chi connectivity index (χ3v) is 2.15. The fourth-order valence-electron chi connectivity index (χ4n) is 0.890. The van der Waals surface area contributed by atoms with Crippen LogP contribution in [0.15, 0.2) is 24.3 Å². The van der Waals surface area contributed by atoms with E-state index in [1.807, 2.05) is 0 Å². The van der Waals surface area contributed by atoms with E-state index in [9.17, 15) is 18.0 Å². The second-order valence-corrected chi connectivity index (χ2v) is 3.65. The first-order valence-corrected chi connectivity index (χ1v) is 4.82. The molecular formula is C9H8F3NOS. The van der Waals surface area contributed by atoms with Gasteiger partial charge in [-0.2, -0.15) is 13.2 Å². The number of nitrogens with one attached hydrogen (secondary N) is 1. The van der Waals surface area contributed by atoms with Gasteiger partial charge < -0.3 is 4.72 Å². The number of ketones is 1. The molecule has 6 heteroatoms. The number of Topliss-reactive ketones (excluding diaryl/α,β-unsaturated/α-hetero) is 1. The summed E-state index contributed by atoms with van der Waals surface area (Å²) in [5, 5.41) is 0. The van der Waals surface area contributed by atoms with Crippen molar-refractivity contribution >= 4 is 23.4 Å². The van der Waals surface area contributed by atoms with Crippen LogP contribution in [0.4, 0.5) is 18.9 Å². The van der Waals surface area contributed by atoms with Crippen molar-refractivity contribution in [3.8, 4) is 0 Å². The molecule has 1 rings (SSSR count). The zero-order valence-corrected chi connectivity index (χ0v) is 8.58. The van der Waals surface area contributed by atoms with E-state index in [0.717, 1.165) is 0 Å². The van der Waals surface area contributed by atoms with Gasteiger partial charge in [-0.05, 0) is 31.2 Å². The highest BCUT2D eigenvalue weighted by Crippen LogP contribution is 2.30. The maximum Gasteiger partial charge on any atom is 0.461 e. The Morgan fingerprint density at radius 3 is 2.20 bits per heavy atom. The van der Waals surface area contributed by atoms with Crippen LogP contribution in [0.3, 0.4) is 0 Å². The molecule has 0 saturated carbocycles. The number of rotatable bonds is 3. The topological polar surface area (TPSA) is 29.1 Å². The van der Waals surface area contributed by atoms with Crippen LogP contribution in [0.5, 0.6) is 0 Å². The summed E-state index contributed by atoms with van der Waals surface area (Å²) in [6.07, 6.45) is 0. The number of halogens is 3. The van der Waals surface area contributed by atoms with Crippen molar-refractivity contribution in [1.29, 1.82) is 0 Å². The first-order valence-electron chi connectivity index (χ1n) is 4.00. The molecular weight excluding hydrogens is 227 g/mol. The Balaban J connectivity index is 2.61. The number of hydrogen-bond donors (Lipinski definition) is 1. The minimum absolute atomic E-state index is 0.120. The predicted molar refractivity (Wildman–Crippen MR) is 53.7 cm³/mol. The Morgan fingerprint density at radius 1 is 1.27 bits per heavy atom. The maximum absolute atomic E-state index is 11.8. The summed E-state index contributed by atoms with van der Waals surface area (Å²) in [6, 6.07) is 5.80. The van der Waals surface area contributed by atoms with Crippen molar-refractivity contribution in [2.24, 2.45) is 0 Å². The van der Waals surface area contributed by atoms with Crippen LogP contribution in [0.25, 0.3) is 0 Å². The molecule has 0 radical (unpaired) electrons. The van der Waals surface area contributed by atoms with E-state index in [1.54, 1.807) is 0 Å². The first-order chi connectivity index (χ1) is 6.88. The highest BCUT2D eigenvalue weighted by Gasteiger charge is 2.28. The molecule has 0 unspecified atom stereocenters. The molecule has 0 saturated heterocycles. The summed E-state index contributed by atoms with van der Waals surface area (Å²) in [5.41, 5.74) is -3.54. The molecule has 0 amide bonds. The van der Waals surface area contributed by atoms with Gasteiger partial charge in [-0.3, -0.25) is 4.79 Å². The molecule has 0 aliphatic rings. The van der Waals surface area contributed by atoms with Gasteiger partial charge in [-0.1, -0.05) is 0 Å². The van der Waals surface area contributed by atoms with Crippen LogP contribution in [0.2, 0.25) is 0 Å². The van der Waals surface area contributed by atoms with Crippen molar-refractivity contribution < 1.29 is 18.0 Å². The van der Waals surface area contributed by atoms with E-state index < -0.39 is 5.51 Å². The smallest absolute Gasteiger partial charge is 0.323 e. The minimum atomic E-state index is -4.32. The molecule has 0 atom stereocenters. The zero-order valence-electron chi connectivity index (χ0n) is 7.76. The average molecular weight is 235 g/mol. The Labute approximate surface area is 89.0 Å². The number of carbonyl (C=O) groups is 1. The summed E-state index contributed by atoms with van der Waals surface area (Å²) in [7, 11) is 0. The molecule has 0 bridgehead atoms. The number of anilines is 1. The molecule has 2 nitrogen and oxygen atoms in total. The highest BCUT2D eigenvalue weighted by atomic mass is 32.2. The molecule has 1 aromatic rings. The van der Waals surface area contributed by atoms with E-state index >= 15 is 0 Å². The maximum atomic E-state index is 11.8. The summed E-state index contributed by atoms with van der Waals surface area (Å²) in [4.78, 5) is 10.9. The van der Waals surface area contributed by atoms with Crippen molar-refractivity contribution in [2.75, 3.05) is 4.72 Å². The number of benzene rings is 1. The van der Waals surface area contributed by atoms with Gasteiger partial charge in [0.05, 0.1) is 11.9 Å². The van der Waals surface area contributed by atoms with Gasteiger partial charge in [0.15, 0.2) is 5.78 Å². The lowest BCUT2D eigenvalue weighted by atomic mass is 10.1. The molecule has 0 heterocycles. The lowest BCUT2D eigenvalue weighted by molar-refractivity contribution is -0.0323. The molecule has 0 spiro atoms. The molecule has 0 aliphatic heterocycles. The third-order valence-electron chi connectivity index (χ3n) is 1.58. The van der Waals surface area contributed by atoms with E-state index in [4.69, 9.17) is 0 Å². The van der Waals surface area contributed by atoms with Gasteiger partial charge in [0.25, 0.3) is 0 Å². The Kier molecular flexibility index (Phi) is 3.62. The quantitative estimate of drug-likeness (QED) is 0.642. The molecule has 82 valence electrons. The molecule has 1 N–H and O–H groups in total. The minimum Gasteiger partial charge on any atom is -0.323 e. The van der Waals surface area contributed by atoms with Crippen LogP contribution in [-0.4, -0.2) is 11.3 Å². The van der Waals surface area contributed by atoms with Crippen molar-refractivity contribution in [3.63, 3.8) is 0 Å². The molecule has 0 fully saturated rings. The Hall–Kier alpha value is -1.17. The predicted octanol–water partition coefficient (Wildman–Crippen LogP) is 3.47. The Bertz CT molecular complexity index is 347. The third kappa shape index (κ3) is 4.24. The van der Waals surface area contributed by atoms with Crippen LogP contribution in [0.1, 0.15) is 17.3 Å². The summed E-state index contributed by atoms with van der Waals surface area (Å²) in [6.45, 7) is 1.40. The van der Waals surface area contributed by atoms with Crippen LogP contribution in [-0.2, 0) is 0 Å². The normalized spacial score (nSPS) is 11.2. The number of hydrogen-bond acceptors (Lipinski definition) is 3. The molecule has 0 aromatic heterocycles. The summed E-state index contributed by atoms with van der Waals surface area (Å²) < 4.78 is 37.5. The fraction of sp³-hybridized carbons (Fsp3) is 0.222.